The van der Waals surface area contributed by atoms with Crippen LogP contribution in [0.5, 0.6) is 0 Å². The Morgan fingerprint density at radius 3 is 2.53 bits per heavy atom. The Hall–Kier alpha value is -1.32. The second-order valence-corrected chi connectivity index (χ2v) is 6.19. The SMILES string of the molecule is CCC1CCN(C(=O)C2C3C=CC(C3)C2C(=O)O)C1. The van der Waals surface area contributed by atoms with Gasteiger partial charge < -0.3 is 10.0 Å². The molecule has 2 fully saturated rings. The average Bonchev–Trinajstić information content (AvgIpc) is 3.11. The Morgan fingerprint density at radius 1 is 1.26 bits per heavy atom. The van der Waals surface area contributed by atoms with Crippen LogP contribution in [0.3, 0.4) is 0 Å². The Balaban J connectivity index is 1.76. The molecule has 1 saturated carbocycles. The van der Waals surface area contributed by atoms with Crippen molar-refractivity contribution < 1.29 is 14.7 Å². The van der Waals surface area contributed by atoms with E-state index in [0.29, 0.717) is 5.92 Å². The van der Waals surface area contributed by atoms with E-state index < -0.39 is 11.9 Å². The first kappa shape index (κ1) is 12.7. The van der Waals surface area contributed by atoms with E-state index in [1.807, 2.05) is 11.0 Å². The Morgan fingerprint density at radius 2 is 1.95 bits per heavy atom. The molecule has 1 heterocycles. The summed E-state index contributed by atoms with van der Waals surface area (Å²) < 4.78 is 0. The van der Waals surface area contributed by atoms with Crippen LogP contribution >= 0.6 is 0 Å². The van der Waals surface area contributed by atoms with Crippen molar-refractivity contribution in [1.29, 1.82) is 0 Å². The lowest BCUT2D eigenvalue weighted by Gasteiger charge is -2.28. The molecule has 1 aliphatic heterocycles. The lowest BCUT2D eigenvalue weighted by atomic mass is 9.82. The molecule has 4 nitrogen and oxygen atoms in total. The molecule has 0 spiro atoms. The van der Waals surface area contributed by atoms with Crippen LogP contribution in [-0.4, -0.2) is 35.0 Å². The summed E-state index contributed by atoms with van der Waals surface area (Å²) in [5.74, 6) is -0.713. The van der Waals surface area contributed by atoms with Gasteiger partial charge in [-0.25, -0.2) is 0 Å². The zero-order valence-electron chi connectivity index (χ0n) is 11.3. The van der Waals surface area contributed by atoms with Crippen molar-refractivity contribution in [2.75, 3.05) is 13.1 Å². The molecule has 19 heavy (non-hydrogen) atoms. The number of aliphatic carboxylic acids is 1. The fourth-order valence-corrected chi connectivity index (χ4v) is 4.07. The van der Waals surface area contributed by atoms with Crippen LogP contribution in [0, 0.1) is 29.6 Å². The van der Waals surface area contributed by atoms with Gasteiger partial charge in [-0.2, -0.15) is 0 Å². The van der Waals surface area contributed by atoms with Crippen molar-refractivity contribution >= 4 is 11.9 Å². The van der Waals surface area contributed by atoms with Gasteiger partial charge in [0, 0.05) is 13.1 Å². The lowest BCUT2D eigenvalue weighted by Crippen LogP contribution is -2.42. The van der Waals surface area contributed by atoms with E-state index in [-0.39, 0.29) is 23.7 Å². The smallest absolute Gasteiger partial charge is 0.307 e. The molecule has 5 atom stereocenters. The molecule has 0 radical (unpaired) electrons. The van der Waals surface area contributed by atoms with E-state index in [2.05, 4.69) is 13.0 Å². The molecule has 1 amide bonds. The number of amides is 1. The van der Waals surface area contributed by atoms with Crippen LogP contribution in [0.15, 0.2) is 12.2 Å². The van der Waals surface area contributed by atoms with Crippen LogP contribution in [-0.2, 0) is 9.59 Å². The zero-order chi connectivity index (χ0) is 13.6. The van der Waals surface area contributed by atoms with Crippen molar-refractivity contribution in [3.05, 3.63) is 12.2 Å². The average molecular weight is 263 g/mol. The molecule has 0 aromatic heterocycles. The number of fused-ring (bicyclic) bond motifs is 2. The van der Waals surface area contributed by atoms with Gasteiger partial charge in [0.15, 0.2) is 0 Å². The highest BCUT2D eigenvalue weighted by molar-refractivity contribution is 5.87. The van der Waals surface area contributed by atoms with Gasteiger partial charge in [0.2, 0.25) is 5.91 Å². The maximum absolute atomic E-state index is 12.6. The van der Waals surface area contributed by atoms with E-state index in [4.69, 9.17) is 0 Å². The molecule has 1 saturated heterocycles. The first-order chi connectivity index (χ1) is 9.11. The molecule has 1 N–H and O–H groups in total. The second kappa shape index (κ2) is 4.66. The monoisotopic (exact) mass is 263 g/mol. The number of likely N-dealkylation sites (tertiary alicyclic amines) is 1. The molecule has 3 aliphatic rings. The first-order valence-electron chi connectivity index (χ1n) is 7.31. The summed E-state index contributed by atoms with van der Waals surface area (Å²) >= 11 is 0. The summed E-state index contributed by atoms with van der Waals surface area (Å²) in [5, 5.41) is 9.39. The number of carbonyl (C=O) groups is 2. The minimum absolute atomic E-state index is 0.0704. The topological polar surface area (TPSA) is 57.6 Å². The Labute approximate surface area is 113 Å². The predicted molar refractivity (Wildman–Crippen MR) is 70.3 cm³/mol. The van der Waals surface area contributed by atoms with Crippen LogP contribution in [0.4, 0.5) is 0 Å². The number of allylic oxidation sites excluding steroid dienone is 2. The van der Waals surface area contributed by atoms with Crippen LogP contribution < -0.4 is 0 Å². The molecule has 2 bridgehead atoms. The molecule has 4 heteroatoms. The highest BCUT2D eigenvalue weighted by Crippen LogP contribution is 2.49. The van der Waals surface area contributed by atoms with Crippen molar-refractivity contribution in [3.8, 4) is 0 Å². The lowest BCUT2D eigenvalue weighted by molar-refractivity contribution is -0.150. The largest absolute Gasteiger partial charge is 0.481 e. The summed E-state index contributed by atoms with van der Waals surface area (Å²) in [6.07, 6.45) is 7.06. The van der Waals surface area contributed by atoms with Crippen LogP contribution in [0.2, 0.25) is 0 Å². The molecular formula is C15H21NO3. The van der Waals surface area contributed by atoms with Crippen molar-refractivity contribution in [2.45, 2.75) is 26.2 Å². The van der Waals surface area contributed by atoms with Crippen molar-refractivity contribution in [2.24, 2.45) is 29.6 Å². The highest BCUT2D eigenvalue weighted by atomic mass is 16.4. The van der Waals surface area contributed by atoms with E-state index in [9.17, 15) is 14.7 Å². The summed E-state index contributed by atoms with van der Waals surface area (Å²) in [6, 6.07) is 0. The number of carbonyl (C=O) groups excluding carboxylic acids is 1. The van der Waals surface area contributed by atoms with Gasteiger partial charge in [-0.15, -0.1) is 0 Å². The van der Waals surface area contributed by atoms with E-state index in [1.54, 1.807) is 0 Å². The second-order valence-electron chi connectivity index (χ2n) is 6.19. The molecule has 2 aliphatic carbocycles. The Bertz CT molecular complexity index is 431. The standard InChI is InChI=1S/C15H21NO3/c1-2-9-5-6-16(8-9)14(17)12-10-3-4-11(7-10)13(12)15(18)19/h3-4,9-13H,2,5-8H2,1H3,(H,18,19). The maximum atomic E-state index is 12.6. The number of nitrogens with zero attached hydrogens (tertiary/aromatic N) is 1. The van der Waals surface area contributed by atoms with E-state index in [1.165, 1.54) is 0 Å². The molecular weight excluding hydrogens is 242 g/mol. The van der Waals surface area contributed by atoms with Gasteiger partial charge in [0.25, 0.3) is 0 Å². The quantitative estimate of drug-likeness (QED) is 0.789. The molecule has 104 valence electrons. The molecule has 0 aromatic rings. The third kappa shape index (κ3) is 1.97. The predicted octanol–water partition coefficient (Wildman–Crippen LogP) is 1.77. The van der Waals surface area contributed by atoms with Crippen molar-refractivity contribution in [3.63, 3.8) is 0 Å². The summed E-state index contributed by atoms with van der Waals surface area (Å²) in [4.78, 5) is 26.0. The van der Waals surface area contributed by atoms with Crippen molar-refractivity contribution in [1.82, 2.24) is 4.90 Å². The molecule has 0 aromatic carbocycles. The maximum Gasteiger partial charge on any atom is 0.307 e. The van der Waals surface area contributed by atoms with Gasteiger partial charge in [0.1, 0.15) is 0 Å². The van der Waals surface area contributed by atoms with Gasteiger partial charge in [-0.05, 0) is 30.6 Å². The van der Waals surface area contributed by atoms with Crippen LogP contribution in [0.1, 0.15) is 26.2 Å². The fraction of sp³-hybridized carbons (Fsp3) is 0.733. The normalized spacial score (nSPS) is 40.1. The van der Waals surface area contributed by atoms with Crippen LogP contribution in [0.25, 0.3) is 0 Å². The van der Waals surface area contributed by atoms with E-state index in [0.717, 1.165) is 32.4 Å². The minimum Gasteiger partial charge on any atom is -0.481 e. The van der Waals surface area contributed by atoms with Gasteiger partial charge in [-0.1, -0.05) is 25.5 Å². The number of hydrogen-bond donors (Lipinski definition) is 1. The molecule has 3 rings (SSSR count). The summed E-state index contributed by atoms with van der Waals surface area (Å²) in [6.45, 7) is 3.78. The Kier molecular flexibility index (Phi) is 3.11. The van der Waals surface area contributed by atoms with Gasteiger partial charge in [0.05, 0.1) is 11.8 Å². The fourth-order valence-electron chi connectivity index (χ4n) is 4.07. The highest BCUT2D eigenvalue weighted by Gasteiger charge is 2.52. The molecule has 5 unspecified atom stereocenters. The number of carboxylic acids is 1. The summed E-state index contributed by atoms with van der Waals surface area (Å²) in [7, 11) is 0. The number of rotatable bonds is 3. The van der Waals surface area contributed by atoms with E-state index >= 15 is 0 Å². The number of hydrogen-bond acceptors (Lipinski definition) is 2. The first-order valence-corrected chi connectivity index (χ1v) is 7.31. The van der Waals surface area contributed by atoms with Gasteiger partial charge in [-0.3, -0.25) is 9.59 Å². The third-order valence-corrected chi connectivity index (χ3v) is 5.20. The zero-order valence-corrected chi connectivity index (χ0v) is 11.3. The summed E-state index contributed by atoms with van der Waals surface area (Å²) in [5.41, 5.74) is 0. The number of carboxylic acid groups (broad SMARTS) is 1. The minimum atomic E-state index is -0.804. The third-order valence-electron chi connectivity index (χ3n) is 5.20. The van der Waals surface area contributed by atoms with Gasteiger partial charge >= 0.3 is 5.97 Å².